The van der Waals surface area contributed by atoms with E-state index < -0.39 is 0 Å². The minimum Gasteiger partial charge on any atom is -0.497 e. The van der Waals surface area contributed by atoms with Gasteiger partial charge in [0.05, 0.1) is 20.5 Å². The van der Waals surface area contributed by atoms with Gasteiger partial charge in [-0.25, -0.2) is 5.43 Å². The molecule has 1 N–H and O–H groups in total. The summed E-state index contributed by atoms with van der Waals surface area (Å²) in [4.78, 5) is 12.2. The molecule has 29 heavy (non-hydrogen) atoms. The first kappa shape index (κ1) is 21.6. The molecule has 0 fully saturated rings. The number of ether oxygens (including phenoxy) is 2. The Labute approximate surface area is 196 Å². The molecule has 0 spiro atoms. The number of hydrazone groups is 1. The van der Waals surface area contributed by atoms with Crippen molar-refractivity contribution in [2.75, 3.05) is 7.11 Å². The van der Waals surface area contributed by atoms with Gasteiger partial charge in [0.25, 0.3) is 5.91 Å². The molecule has 3 aromatic carbocycles. The zero-order valence-corrected chi connectivity index (χ0v) is 19.9. The normalized spacial score (nSPS) is 10.7. The number of benzene rings is 3. The van der Waals surface area contributed by atoms with E-state index in [1.54, 1.807) is 37.6 Å². The third-order valence-electron chi connectivity index (χ3n) is 3.98. The van der Waals surface area contributed by atoms with Gasteiger partial charge in [-0.2, -0.15) is 5.10 Å². The molecule has 0 radical (unpaired) electrons. The van der Waals surface area contributed by atoms with Gasteiger partial charge in [-0.15, -0.1) is 0 Å². The van der Waals surface area contributed by atoms with E-state index in [9.17, 15) is 4.79 Å². The Morgan fingerprint density at radius 3 is 2.31 bits per heavy atom. The van der Waals surface area contributed by atoms with E-state index >= 15 is 0 Å². The number of amides is 1. The number of nitrogens with one attached hydrogen (secondary N) is 1. The number of rotatable bonds is 7. The Morgan fingerprint density at radius 1 is 1.03 bits per heavy atom. The monoisotopic (exact) mass is 612 g/mol. The molecule has 3 rings (SSSR count). The van der Waals surface area contributed by atoms with Crippen LogP contribution < -0.4 is 14.9 Å². The highest BCUT2D eigenvalue weighted by Crippen LogP contribution is 2.29. The molecule has 0 aliphatic rings. The number of carbonyl (C=O) groups is 1. The van der Waals surface area contributed by atoms with E-state index in [1.165, 1.54) is 0 Å². The van der Waals surface area contributed by atoms with E-state index in [0.717, 1.165) is 24.0 Å². The quantitative estimate of drug-likeness (QED) is 0.226. The highest BCUT2D eigenvalue weighted by Gasteiger charge is 2.09. The van der Waals surface area contributed by atoms with Crippen LogP contribution in [0.1, 0.15) is 21.5 Å². The third-order valence-corrected chi connectivity index (χ3v) is 5.58. The second-order valence-electron chi connectivity index (χ2n) is 6.02. The van der Waals surface area contributed by atoms with Crippen LogP contribution in [0, 0.1) is 7.14 Å². The van der Waals surface area contributed by atoms with E-state index in [4.69, 9.17) is 9.47 Å². The van der Waals surface area contributed by atoms with Crippen molar-refractivity contribution in [1.29, 1.82) is 0 Å². The van der Waals surface area contributed by atoms with Gasteiger partial charge in [0.2, 0.25) is 0 Å². The van der Waals surface area contributed by atoms with Crippen LogP contribution in [0.3, 0.4) is 0 Å². The van der Waals surface area contributed by atoms with Crippen LogP contribution in [0.2, 0.25) is 0 Å². The number of carbonyl (C=O) groups excluding carboxylic acids is 1. The molecule has 0 unspecified atom stereocenters. The lowest BCUT2D eigenvalue weighted by Crippen LogP contribution is -2.17. The van der Waals surface area contributed by atoms with E-state index in [0.29, 0.717) is 17.9 Å². The van der Waals surface area contributed by atoms with Crippen molar-refractivity contribution in [3.63, 3.8) is 0 Å². The van der Waals surface area contributed by atoms with Gasteiger partial charge >= 0.3 is 0 Å². The summed E-state index contributed by atoms with van der Waals surface area (Å²) >= 11 is 4.49. The van der Waals surface area contributed by atoms with Crippen LogP contribution >= 0.6 is 45.2 Å². The molecule has 0 saturated heterocycles. The topological polar surface area (TPSA) is 59.9 Å². The molecule has 0 heterocycles. The van der Waals surface area contributed by atoms with E-state index in [2.05, 4.69) is 55.7 Å². The predicted molar refractivity (Wildman–Crippen MR) is 131 cm³/mol. The van der Waals surface area contributed by atoms with Crippen molar-refractivity contribution < 1.29 is 14.3 Å². The highest BCUT2D eigenvalue weighted by molar-refractivity contribution is 14.1. The predicted octanol–water partition coefficient (Wildman–Crippen LogP) is 5.25. The second kappa shape index (κ2) is 10.6. The molecule has 5 nitrogen and oxygen atoms in total. The van der Waals surface area contributed by atoms with Gasteiger partial charge in [0.15, 0.2) is 0 Å². The maximum absolute atomic E-state index is 12.2. The Hall–Kier alpha value is -2.14. The first-order chi connectivity index (χ1) is 14.1. The fourth-order valence-corrected chi connectivity index (χ4v) is 4.62. The molecule has 0 atom stereocenters. The Bertz CT molecular complexity index is 983. The zero-order chi connectivity index (χ0) is 20.6. The fraction of sp³-hybridized carbons (Fsp3) is 0.0909. The molecule has 0 aromatic heterocycles. The fourth-order valence-electron chi connectivity index (χ4n) is 2.49. The smallest absolute Gasteiger partial charge is 0.271 e. The van der Waals surface area contributed by atoms with Gasteiger partial charge < -0.3 is 9.47 Å². The van der Waals surface area contributed by atoms with E-state index in [1.807, 2.05) is 42.5 Å². The molecule has 1 amide bonds. The highest BCUT2D eigenvalue weighted by atomic mass is 127. The van der Waals surface area contributed by atoms with Crippen LogP contribution in [0.4, 0.5) is 0 Å². The molecule has 0 aliphatic heterocycles. The summed E-state index contributed by atoms with van der Waals surface area (Å²) in [7, 11) is 1.58. The lowest BCUT2D eigenvalue weighted by atomic mass is 10.2. The van der Waals surface area contributed by atoms with Crippen molar-refractivity contribution >= 4 is 57.3 Å². The number of hydrogen-bond acceptors (Lipinski definition) is 4. The van der Waals surface area contributed by atoms with Crippen molar-refractivity contribution in [1.82, 2.24) is 5.43 Å². The summed E-state index contributed by atoms with van der Waals surface area (Å²) in [5, 5.41) is 4.06. The van der Waals surface area contributed by atoms with Crippen molar-refractivity contribution in [2.45, 2.75) is 6.61 Å². The molecular weight excluding hydrogens is 594 g/mol. The minimum absolute atomic E-state index is 0.281. The molecule has 0 bridgehead atoms. The lowest BCUT2D eigenvalue weighted by molar-refractivity contribution is 0.0955. The Morgan fingerprint density at radius 2 is 1.69 bits per heavy atom. The standard InChI is InChI=1S/C22H18I2N2O3/c1-28-18-9-7-17(8-10-18)22(27)26-25-13-16-11-19(23)21(20(24)12-16)29-14-15-5-3-2-4-6-15/h2-13H,14H2,1H3,(H,26,27)/b25-13-. The SMILES string of the molecule is COc1ccc(C(=O)N/N=C\c2cc(I)c(OCc3ccccc3)c(I)c2)cc1. The van der Waals surface area contributed by atoms with Gasteiger partial charge in [0.1, 0.15) is 18.1 Å². The van der Waals surface area contributed by atoms with Crippen molar-refractivity contribution in [2.24, 2.45) is 5.10 Å². The number of nitrogens with zero attached hydrogens (tertiary/aromatic N) is 1. The molecule has 148 valence electrons. The molecule has 0 saturated carbocycles. The second-order valence-corrected chi connectivity index (χ2v) is 8.34. The van der Waals surface area contributed by atoms with E-state index in [-0.39, 0.29) is 5.91 Å². The van der Waals surface area contributed by atoms with Crippen LogP contribution in [0.25, 0.3) is 0 Å². The van der Waals surface area contributed by atoms with Gasteiger partial charge in [-0.3, -0.25) is 4.79 Å². The Balaban J connectivity index is 1.62. The van der Waals surface area contributed by atoms with Gasteiger partial charge in [0, 0.05) is 5.56 Å². The number of hydrogen-bond donors (Lipinski definition) is 1. The van der Waals surface area contributed by atoms with Crippen LogP contribution in [0.5, 0.6) is 11.5 Å². The van der Waals surface area contributed by atoms with Gasteiger partial charge in [-0.1, -0.05) is 30.3 Å². The maximum atomic E-state index is 12.2. The van der Waals surface area contributed by atoms with Crippen molar-refractivity contribution in [3.05, 3.63) is 90.6 Å². The zero-order valence-electron chi connectivity index (χ0n) is 15.6. The first-order valence-electron chi connectivity index (χ1n) is 8.70. The first-order valence-corrected chi connectivity index (χ1v) is 10.9. The summed E-state index contributed by atoms with van der Waals surface area (Å²) in [6.07, 6.45) is 1.62. The lowest BCUT2D eigenvalue weighted by Gasteiger charge is -2.11. The van der Waals surface area contributed by atoms with Crippen molar-refractivity contribution in [3.8, 4) is 11.5 Å². The van der Waals surface area contributed by atoms with Crippen LogP contribution in [-0.4, -0.2) is 19.2 Å². The van der Waals surface area contributed by atoms with Gasteiger partial charge in [-0.05, 0) is 92.7 Å². The number of methoxy groups -OCH3 is 1. The summed E-state index contributed by atoms with van der Waals surface area (Å²) in [6.45, 7) is 0.512. The molecule has 0 aliphatic carbocycles. The maximum Gasteiger partial charge on any atom is 0.271 e. The minimum atomic E-state index is -0.281. The summed E-state index contributed by atoms with van der Waals surface area (Å²) in [5.74, 6) is 1.26. The molecule has 7 heteroatoms. The summed E-state index contributed by atoms with van der Waals surface area (Å²) in [5.41, 5.74) is 5.04. The van der Waals surface area contributed by atoms with Crippen LogP contribution in [-0.2, 0) is 6.61 Å². The summed E-state index contributed by atoms with van der Waals surface area (Å²) in [6, 6.07) is 20.8. The van der Waals surface area contributed by atoms with Crippen LogP contribution in [0.15, 0.2) is 71.8 Å². The number of halogens is 2. The average molecular weight is 612 g/mol. The summed E-state index contributed by atoms with van der Waals surface area (Å²) < 4.78 is 13.0. The Kier molecular flexibility index (Phi) is 7.87. The largest absolute Gasteiger partial charge is 0.497 e. The third kappa shape index (κ3) is 6.17. The molecular formula is C22H18I2N2O3. The molecule has 3 aromatic rings. The average Bonchev–Trinajstić information content (AvgIpc) is 2.74.